The highest BCUT2D eigenvalue weighted by molar-refractivity contribution is 5.81. The molecule has 2 atom stereocenters. The third-order valence-corrected chi connectivity index (χ3v) is 2.74. The van der Waals surface area contributed by atoms with Crippen LogP contribution >= 0.6 is 0 Å². The largest absolute Gasteiger partial charge is 0.464 e. The Kier molecular flexibility index (Phi) is 5.17. The Balaban J connectivity index is 2.78. The second-order valence-electron chi connectivity index (χ2n) is 5.63. The first-order valence-corrected chi connectivity index (χ1v) is 6.59. The molecular formula is C13H23NO5. The number of piperidine rings is 1. The number of hydrogen-bond donors (Lipinski definition) is 1. The number of carbonyl (C=O) groups is 2. The smallest absolute Gasteiger partial charge is 0.411 e. The van der Waals surface area contributed by atoms with Crippen LogP contribution in [-0.2, 0) is 14.3 Å². The minimum atomic E-state index is -0.668. The van der Waals surface area contributed by atoms with E-state index in [9.17, 15) is 14.7 Å². The normalized spacial score (nSPS) is 23.9. The van der Waals surface area contributed by atoms with Gasteiger partial charge in [0, 0.05) is 0 Å². The zero-order valence-corrected chi connectivity index (χ0v) is 12.0. The summed E-state index contributed by atoms with van der Waals surface area (Å²) in [6.45, 7) is 7.34. The maximum absolute atomic E-state index is 12.1. The summed E-state index contributed by atoms with van der Waals surface area (Å²) in [4.78, 5) is 25.2. The van der Waals surface area contributed by atoms with Gasteiger partial charge in [0.15, 0.2) is 0 Å². The van der Waals surface area contributed by atoms with Gasteiger partial charge >= 0.3 is 12.1 Å². The molecule has 1 rings (SSSR count). The highest BCUT2D eigenvalue weighted by atomic mass is 16.6. The van der Waals surface area contributed by atoms with Gasteiger partial charge in [-0.1, -0.05) is 0 Å². The van der Waals surface area contributed by atoms with E-state index in [1.165, 1.54) is 4.90 Å². The van der Waals surface area contributed by atoms with Crippen molar-refractivity contribution in [2.24, 2.45) is 0 Å². The fourth-order valence-electron chi connectivity index (χ4n) is 1.96. The predicted octanol–water partition coefficient (Wildman–Crippen LogP) is 1.31. The summed E-state index contributed by atoms with van der Waals surface area (Å²) in [5, 5.41) is 9.65. The van der Waals surface area contributed by atoms with Crippen LogP contribution in [0.4, 0.5) is 4.79 Å². The molecule has 1 N–H and O–H groups in total. The Morgan fingerprint density at radius 2 is 1.95 bits per heavy atom. The second-order valence-corrected chi connectivity index (χ2v) is 5.63. The van der Waals surface area contributed by atoms with Crippen molar-refractivity contribution >= 4 is 12.1 Å². The van der Waals surface area contributed by atoms with E-state index in [0.29, 0.717) is 12.8 Å². The SMILES string of the molecule is CCOC(=O)[C@@H]1CC[C@@H](O)CN1C(=O)OC(C)(C)C. The van der Waals surface area contributed by atoms with E-state index < -0.39 is 29.8 Å². The van der Waals surface area contributed by atoms with Crippen LogP contribution in [-0.4, -0.2) is 53.0 Å². The topological polar surface area (TPSA) is 76.1 Å². The molecule has 0 aromatic carbocycles. The van der Waals surface area contributed by atoms with Crippen LogP contribution in [0.15, 0.2) is 0 Å². The third kappa shape index (κ3) is 4.70. The summed E-state index contributed by atoms with van der Waals surface area (Å²) in [5.41, 5.74) is -0.640. The molecule has 0 radical (unpaired) electrons. The third-order valence-electron chi connectivity index (χ3n) is 2.74. The molecule has 1 aliphatic rings. The van der Waals surface area contributed by atoms with E-state index in [-0.39, 0.29) is 13.2 Å². The molecule has 6 heteroatoms. The van der Waals surface area contributed by atoms with Crippen LogP contribution < -0.4 is 0 Å². The first-order chi connectivity index (χ1) is 8.74. The van der Waals surface area contributed by atoms with Crippen LogP contribution in [0.3, 0.4) is 0 Å². The summed E-state index contributed by atoms with van der Waals surface area (Å²) in [7, 11) is 0. The van der Waals surface area contributed by atoms with Gasteiger partial charge in [-0.3, -0.25) is 4.90 Å². The molecular weight excluding hydrogens is 250 g/mol. The van der Waals surface area contributed by atoms with Crippen molar-refractivity contribution in [1.82, 2.24) is 4.90 Å². The molecule has 1 heterocycles. The van der Waals surface area contributed by atoms with Gasteiger partial charge in [0.1, 0.15) is 11.6 Å². The van der Waals surface area contributed by atoms with Crippen molar-refractivity contribution in [3.05, 3.63) is 0 Å². The van der Waals surface area contributed by atoms with Gasteiger partial charge in [-0.2, -0.15) is 0 Å². The van der Waals surface area contributed by atoms with Crippen LogP contribution in [0.25, 0.3) is 0 Å². The Morgan fingerprint density at radius 1 is 1.32 bits per heavy atom. The zero-order valence-electron chi connectivity index (χ0n) is 12.0. The van der Waals surface area contributed by atoms with E-state index >= 15 is 0 Å². The molecule has 1 fully saturated rings. The molecule has 1 saturated heterocycles. The number of carbonyl (C=O) groups excluding carboxylic acids is 2. The quantitative estimate of drug-likeness (QED) is 0.768. The zero-order chi connectivity index (χ0) is 14.6. The Hall–Kier alpha value is -1.30. The van der Waals surface area contributed by atoms with Crippen molar-refractivity contribution < 1.29 is 24.2 Å². The second kappa shape index (κ2) is 6.23. The average Bonchev–Trinajstić information content (AvgIpc) is 2.26. The summed E-state index contributed by atoms with van der Waals surface area (Å²) >= 11 is 0. The lowest BCUT2D eigenvalue weighted by molar-refractivity contribution is -0.152. The minimum Gasteiger partial charge on any atom is -0.464 e. The first-order valence-electron chi connectivity index (χ1n) is 6.59. The predicted molar refractivity (Wildman–Crippen MR) is 68.6 cm³/mol. The molecule has 0 bridgehead atoms. The molecule has 0 unspecified atom stereocenters. The number of likely N-dealkylation sites (tertiary alicyclic amines) is 1. The molecule has 110 valence electrons. The van der Waals surface area contributed by atoms with Crippen LogP contribution in [0.2, 0.25) is 0 Å². The Bertz CT molecular complexity index is 336. The molecule has 19 heavy (non-hydrogen) atoms. The molecule has 1 amide bonds. The monoisotopic (exact) mass is 273 g/mol. The highest BCUT2D eigenvalue weighted by Crippen LogP contribution is 2.21. The van der Waals surface area contributed by atoms with E-state index in [1.54, 1.807) is 27.7 Å². The molecule has 0 saturated carbocycles. The average molecular weight is 273 g/mol. The summed E-state index contributed by atoms with van der Waals surface area (Å²) in [6.07, 6.45) is -0.357. The number of β-amino-alcohol motifs (C(OH)–C–C–N with tert-alkyl or cyclic N) is 1. The van der Waals surface area contributed by atoms with Crippen molar-refractivity contribution in [2.75, 3.05) is 13.2 Å². The van der Waals surface area contributed by atoms with E-state index in [0.717, 1.165) is 0 Å². The van der Waals surface area contributed by atoms with E-state index in [4.69, 9.17) is 9.47 Å². The molecule has 6 nitrogen and oxygen atoms in total. The van der Waals surface area contributed by atoms with Crippen molar-refractivity contribution in [3.63, 3.8) is 0 Å². The molecule has 1 aliphatic heterocycles. The number of aliphatic hydroxyl groups excluding tert-OH is 1. The molecule has 0 aromatic heterocycles. The highest BCUT2D eigenvalue weighted by Gasteiger charge is 2.38. The van der Waals surface area contributed by atoms with Gasteiger partial charge in [0.2, 0.25) is 0 Å². The van der Waals surface area contributed by atoms with Gasteiger partial charge in [0.05, 0.1) is 19.3 Å². The lowest BCUT2D eigenvalue weighted by Gasteiger charge is -2.37. The van der Waals surface area contributed by atoms with Crippen molar-refractivity contribution in [2.45, 2.75) is 58.3 Å². The summed E-state index contributed by atoms with van der Waals surface area (Å²) < 4.78 is 10.2. The fourth-order valence-corrected chi connectivity index (χ4v) is 1.96. The standard InChI is InChI=1S/C13H23NO5/c1-5-18-11(16)10-7-6-9(15)8-14(10)12(17)19-13(2,3)4/h9-10,15H,5-8H2,1-4H3/t9-,10+/m1/s1. The number of nitrogens with zero attached hydrogens (tertiary/aromatic N) is 1. The Morgan fingerprint density at radius 3 is 2.47 bits per heavy atom. The number of ether oxygens (including phenoxy) is 2. The minimum absolute atomic E-state index is 0.0956. The van der Waals surface area contributed by atoms with Crippen LogP contribution in [0.5, 0.6) is 0 Å². The lowest BCUT2D eigenvalue weighted by atomic mass is 10.0. The molecule has 0 spiro atoms. The summed E-state index contributed by atoms with van der Waals surface area (Å²) in [6, 6.07) is -0.668. The number of hydrogen-bond acceptors (Lipinski definition) is 5. The van der Waals surface area contributed by atoms with Crippen LogP contribution in [0.1, 0.15) is 40.5 Å². The molecule has 0 aromatic rings. The van der Waals surface area contributed by atoms with Crippen LogP contribution in [0, 0.1) is 0 Å². The van der Waals surface area contributed by atoms with Crippen molar-refractivity contribution in [1.29, 1.82) is 0 Å². The lowest BCUT2D eigenvalue weighted by Crippen LogP contribution is -2.53. The van der Waals surface area contributed by atoms with Crippen molar-refractivity contribution in [3.8, 4) is 0 Å². The van der Waals surface area contributed by atoms with Gasteiger partial charge in [-0.05, 0) is 40.5 Å². The number of rotatable bonds is 2. The maximum Gasteiger partial charge on any atom is 0.411 e. The maximum atomic E-state index is 12.1. The number of esters is 1. The number of amides is 1. The fraction of sp³-hybridized carbons (Fsp3) is 0.846. The van der Waals surface area contributed by atoms with E-state index in [1.807, 2.05) is 0 Å². The number of aliphatic hydroxyl groups is 1. The first kappa shape index (κ1) is 15.8. The van der Waals surface area contributed by atoms with Gasteiger partial charge in [-0.15, -0.1) is 0 Å². The van der Waals surface area contributed by atoms with E-state index in [2.05, 4.69) is 0 Å². The van der Waals surface area contributed by atoms with Gasteiger partial charge in [-0.25, -0.2) is 9.59 Å². The van der Waals surface area contributed by atoms with Gasteiger partial charge in [0.25, 0.3) is 0 Å². The Labute approximate surface area is 113 Å². The molecule has 0 aliphatic carbocycles. The summed E-state index contributed by atoms with van der Waals surface area (Å²) in [5.74, 6) is -0.444. The van der Waals surface area contributed by atoms with Gasteiger partial charge < -0.3 is 14.6 Å².